The molecule has 0 radical (unpaired) electrons. The van der Waals surface area contributed by atoms with Crippen molar-refractivity contribution in [3.63, 3.8) is 0 Å². The fourth-order valence-electron chi connectivity index (χ4n) is 1.86. The zero-order valence-corrected chi connectivity index (χ0v) is 11.1. The van der Waals surface area contributed by atoms with Gasteiger partial charge in [-0.3, -0.25) is 0 Å². The normalized spacial score (nSPS) is 18.2. The van der Waals surface area contributed by atoms with E-state index in [0.717, 1.165) is 30.8 Å². The minimum atomic E-state index is 0.230. The highest BCUT2D eigenvalue weighted by Crippen LogP contribution is 2.19. The summed E-state index contributed by atoms with van der Waals surface area (Å²) in [5.41, 5.74) is 0.917. The number of hydrogen-bond acceptors (Lipinski definition) is 2. The van der Waals surface area contributed by atoms with E-state index in [9.17, 15) is 0 Å². The molecule has 2 nitrogen and oxygen atoms in total. The van der Waals surface area contributed by atoms with E-state index < -0.39 is 0 Å². The van der Waals surface area contributed by atoms with Gasteiger partial charge in [-0.15, -0.1) is 11.6 Å². The second kappa shape index (κ2) is 7.31. The lowest BCUT2D eigenvalue weighted by Gasteiger charge is -2.12. The number of rotatable bonds is 4. The third-order valence-electron chi connectivity index (χ3n) is 2.78. The average Bonchev–Trinajstić information content (AvgIpc) is 2.91. The third kappa shape index (κ3) is 3.94. The van der Waals surface area contributed by atoms with Crippen molar-refractivity contribution >= 4 is 11.6 Å². The summed E-state index contributed by atoms with van der Waals surface area (Å²) >= 11 is 5.60. The Balaban J connectivity index is 1.96. The van der Waals surface area contributed by atoms with Gasteiger partial charge >= 0.3 is 0 Å². The molecule has 0 bridgehead atoms. The fraction of sp³-hybridized carbons (Fsp3) is 0.467. The van der Waals surface area contributed by atoms with Gasteiger partial charge in [-0.05, 0) is 25.0 Å². The number of para-hydroxylation sites is 1. The van der Waals surface area contributed by atoms with E-state index in [1.165, 1.54) is 0 Å². The van der Waals surface area contributed by atoms with Crippen molar-refractivity contribution in [2.75, 3.05) is 19.1 Å². The maximum atomic E-state index is 5.79. The van der Waals surface area contributed by atoms with Gasteiger partial charge in [0.15, 0.2) is 0 Å². The summed E-state index contributed by atoms with van der Waals surface area (Å²) in [4.78, 5) is 0. The Labute approximate surface area is 113 Å². The lowest BCUT2D eigenvalue weighted by atomic mass is 10.2. The van der Waals surface area contributed by atoms with Crippen LogP contribution in [0.4, 0.5) is 0 Å². The minimum Gasteiger partial charge on any atom is -0.490 e. The first-order valence-electron chi connectivity index (χ1n) is 6.28. The van der Waals surface area contributed by atoms with Crippen molar-refractivity contribution in [3.05, 3.63) is 29.8 Å². The Morgan fingerprint density at radius 3 is 3.06 bits per heavy atom. The summed E-state index contributed by atoms with van der Waals surface area (Å²) in [7, 11) is 0. The third-order valence-corrected chi connectivity index (χ3v) is 2.97. The van der Waals surface area contributed by atoms with Crippen LogP contribution in [0.15, 0.2) is 24.3 Å². The van der Waals surface area contributed by atoms with Gasteiger partial charge in [-0.25, -0.2) is 0 Å². The molecule has 1 aliphatic rings. The van der Waals surface area contributed by atoms with Crippen LogP contribution in [-0.4, -0.2) is 25.2 Å². The maximum Gasteiger partial charge on any atom is 0.135 e. The standard InChI is InChI=1S/C15H17ClO2/c16-10-4-3-7-13-6-1-2-9-15(13)18-12-14-8-5-11-17-14/h1-2,6,9,14H,4-5,8,10-12H2. The van der Waals surface area contributed by atoms with Crippen LogP contribution >= 0.6 is 11.6 Å². The summed E-state index contributed by atoms with van der Waals surface area (Å²) in [5, 5.41) is 0. The van der Waals surface area contributed by atoms with Gasteiger partial charge in [0.25, 0.3) is 0 Å². The van der Waals surface area contributed by atoms with Crippen molar-refractivity contribution in [1.29, 1.82) is 0 Å². The first-order chi connectivity index (χ1) is 8.90. The molecule has 0 N–H and O–H groups in total. The van der Waals surface area contributed by atoms with E-state index in [2.05, 4.69) is 11.8 Å². The molecule has 1 aliphatic heterocycles. The summed E-state index contributed by atoms with van der Waals surface area (Å²) in [6.45, 7) is 1.46. The fourth-order valence-corrected chi connectivity index (χ4v) is 1.95. The van der Waals surface area contributed by atoms with Crippen LogP contribution in [0, 0.1) is 11.8 Å². The van der Waals surface area contributed by atoms with Crippen molar-refractivity contribution in [2.24, 2.45) is 0 Å². The predicted octanol–water partition coefficient (Wildman–Crippen LogP) is 3.22. The highest BCUT2D eigenvalue weighted by molar-refractivity contribution is 6.18. The number of ether oxygens (including phenoxy) is 2. The van der Waals surface area contributed by atoms with Crippen LogP contribution < -0.4 is 4.74 Å². The first kappa shape index (κ1) is 13.3. The molecule has 1 saturated heterocycles. The smallest absolute Gasteiger partial charge is 0.135 e. The highest BCUT2D eigenvalue weighted by Gasteiger charge is 2.16. The van der Waals surface area contributed by atoms with E-state index in [-0.39, 0.29) is 6.10 Å². The Bertz CT molecular complexity index is 428. The van der Waals surface area contributed by atoms with Gasteiger partial charge < -0.3 is 9.47 Å². The SMILES string of the molecule is ClCCC#Cc1ccccc1OCC1CCCO1. The van der Waals surface area contributed by atoms with Crippen LogP contribution in [0.3, 0.4) is 0 Å². The zero-order chi connectivity index (χ0) is 12.6. The van der Waals surface area contributed by atoms with Crippen LogP contribution in [0.2, 0.25) is 0 Å². The average molecular weight is 265 g/mol. The van der Waals surface area contributed by atoms with Crippen LogP contribution in [0.1, 0.15) is 24.8 Å². The van der Waals surface area contributed by atoms with Crippen molar-refractivity contribution in [1.82, 2.24) is 0 Å². The molecule has 3 heteroatoms. The molecule has 0 amide bonds. The van der Waals surface area contributed by atoms with E-state index >= 15 is 0 Å². The molecule has 1 fully saturated rings. The minimum absolute atomic E-state index is 0.230. The molecule has 1 atom stereocenters. The monoisotopic (exact) mass is 264 g/mol. The Kier molecular flexibility index (Phi) is 5.38. The van der Waals surface area contributed by atoms with Crippen LogP contribution in [0.5, 0.6) is 5.75 Å². The lowest BCUT2D eigenvalue weighted by molar-refractivity contribution is 0.0678. The summed E-state index contributed by atoms with van der Waals surface area (Å²) < 4.78 is 11.3. The molecule has 96 valence electrons. The summed E-state index contributed by atoms with van der Waals surface area (Å²) in [6.07, 6.45) is 3.14. The van der Waals surface area contributed by atoms with E-state index in [1.807, 2.05) is 24.3 Å². The van der Waals surface area contributed by atoms with E-state index in [0.29, 0.717) is 18.9 Å². The Morgan fingerprint density at radius 1 is 1.39 bits per heavy atom. The topological polar surface area (TPSA) is 18.5 Å². The second-order valence-corrected chi connectivity index (χ2v) is 4.56. The molecule has 0 saturated carbocycles. The number of hydrogen-bond donors (Lipinski definition) is 0. The molecule has 1 aromatic rings. The molecule has 18 heavy (non-hydrogen) atoms. The second-order valence-electron chi connectivity index (χ2n) is 4.18. The maximum absolute atomic E-state index is 5.79. The molecule has 1 aromatic carbocycles. The summed E-state index contributed by atoms with van der Waals surface area (Å²) in [6, 6.07) is 7.83. The molecular formula is C15H17ClO2. The number of benzene rings is 1. The van der Waals surface area contributed by atoms with Gasteiger partial charge in [0.1, 0.15) is 12.4 Å². The van der Waals surface area contributed by atoms with Gasteiger partial charge in [-0.1, -0.05) is 24.0 Å². The van der Waals surface area contributed by atoms with Crippen molar-refractivity contribution in [2.45, 2.75) is 25.4 Å². The Morgan fingerprint density at radius 2 is 2.28 bits per heavy atom. The van der Waals surface area contributed by atoms with Crippen LogP contribution in [0.25, 0.3) is 0 Å². The van der Waals surface area contributed by atoms with E-state index in [4.69, 9.17) is 21.1 Å². The van der Waals surface area contributed by atoms with Gasteiger partial charge in [-0.2, -0.15) is 0 Å². The van der Waals surface area contributed by atoms with Crippen LogP contribution in [-0.2, 0) is 4.74 Å². The molecule has 1 heterocycles. The molecule has 2 rings (SSSR count). The lowest BCUT2D eigenvalue weighted by Crippen LogP contribution is -2.16. The molecule has 0 aliphatic carbocycles. The molecule has 0 spiro atoms. The highest BCUT2D eigenvalue weighted by atomic mass is 35.5. The number of alkyl halides is 1. The number of halogens is 1. The van der Waals surface area contributed by atoms with Crippen molar-refractivity contribution < 1.29 is 9.47 Å². The molecule has 1 unspecified atom stereocenters. The Hall–Kier alpha value is -1.17. The predicted molar refractivity (Wildman–Crippen MR) is 73.1 cm³/mol. The first-order valence-corrected chi connectivity index (χ1v) is 6.82. The van der Waals surface area contributed by atoms with E-state index in [1.54, 1.807) is 0 Å². The molecule has 0 aromatic heterocycles. The molecular weight excluding hydrogens is 248 g/mol. The van der Waals surface area contributed by atoms with Crippen molar-refractivity contribution in [3.8, 4) is 17.6 Å². The summed E-state index contributed by atoms with van der Waals surface area (Å²) in [5.74, 6) is 7.51. The van der Waals surface area contributed by atoms with Gasteiger partial charge in [0.05, 0.1) is 11.7 Å². The quantitative estimate of drug-likeness (QED) is 0.614. The zero-order valence-electron chi connectivity index (χ0n) is 10.3. The van der Waals surface area contributed by atoms with Gasteiger partial charge in [0, 0.05) is 18.9 Å². The van der Waals surface area contributed by atoms with Gasteiger partial charge in [0.2, 0.25) is 0 Å². The largest absolute Gasteiger partial charge is 0.490 e.